The number of carbonyl (C=O) groups is 1. The fourth-order valence-corrected chi connectivity index (χ4v) is 7.48. The van der Waals surface area contributed by atoms with Crippen molar-refractivity contribution in [2.45, 2.75) is 55.8 Å². The molecule has 3 aromatic rings. The maximum Gasteiger partial charge on any atom is 0.418 e. The molecule has 1 amide bonds. The molecule has 0 atom stereocenters. The van der Waals surface area contributed by atoms with Gasteiger partial charge in [-0.15, -0.1) is 0 Å². The number of carbonyl (C=O) groups excluding carboxylic acids is 1. The fourth-order valence-electron chi connectivity index (χ4n) is 6.32. The maximum atomic E-state index is 14.1. The lowest BCUT2D eigenvalue weighted by molar-refractivity contribution is -0.136. The Kier molecular flexibility index (Phi) is 6.59. The van der Waals surface area contributed by atoms with Crippen LogP contribution in [-0.2, 0) is 16.4 Å². The largest absolute Gasteiger partial charge is 0.492 e. The van der Waals surface area contributed by atoms with Crippen molar-refractivity contribution in [3.05, 3.63) is 50.3 Å². The molecule has 0 unspecified atom stereocenters. The Morgan fingerprint density at radius 2 is 1.95 bits per heavy atom. The van der Waals surface area contributed by atoms with E-state index in [9.17, 15) is 18.0 Å². The van der Waals surface area contributed by atoms with Crippen LogP contribution in [0, 0.1) is 3.57 Å². The van der Waals surface area contributed by atoms with Gasteiger partial charge in [0.15, 0.2) is 0 Å². The topological polar surface area (TPSA) is 85.4 Å². The summed E-state index contributed by atoms with van der Waals surface area (Å²) >= 11 is 8.48. The molecule has 3 heterocycles. The predicted molar refractivity (Wildman–Crippen MR) is 151 cm³/mol. The molecule has 1 aliphatic carbocycles. The summed E-state index contributed by atoms with van der Waals surface area (Å²) < 4.78 is 50.5. The molecule has 1 spiro atoms. The number of hydrogen-bond acceptors (Lipinski definition) is 5. The number of ether oxygens (including phenoxy) is 1. The number of benzene rings is 2. The molecule has 39 heavy (non-hydrogen) atoms. The number of aromatic nitrogens is 2. The van der Waals surface area contributed by atoms with Crippen LogP contribution in [0.2, 0.25) is 5.02 Å². The van der Waals surface area contributed by atoms with Crippen LogP contribution in [-0.4, -0.2) is 52.1 Å². The number of nitrogens with two attached hydrogens (primary N) is 1. The van der Waals surface area contributed by atoms with E-state index in [1.54, 1.807) is 10.6 Å². The molecule has 1 saturated heterocycles. The molecular formula is C27H28ClF3IN5O2. The molecule has 0 bridgehead atoms. The molecule has 3 aliphatic rings. The van der Waals surface area contributed by atoms with E-state index in [0.29, 0.717) is 50.3 Å². The summed E-state index contributed by atoms with van der Waals surface area (Å²) in [4.78, 5) is 19.4. The lowest BCUT2D eigenvalue weighted by Gasteiger charge is -2.43. The van der Waals surface area contributed by atoms with E-state index in [-0.39, 0.29) is 40.9 Å². The molecule has 2 aliphatic heterocycles. The number of halogens is 5. The molecule has 3 N–H and O–H groups in total. The Hall–Kier alpha value is -2.09. The number of rotatable bonds is 5. The predicted octanol–water partition coefficient (Wildman–Crippen LogP) is 5.73. The van der Waals surface area contributed by atoms with Crippen molar-refractivity contribution in [3.8, 4) is 5.75 Å². The molecule has 2 fully saturated rings. The third-order valence-corrected chi connectivity index (χ3v) is 9.44. The van der Waals surface area contributed by atoms with Crippen molar-refractivity contribution in [1.29, 1.82) is 0 Å². The molecule has 1 saturated carbocycles. The van der Waals surface area contributed by atoms with Gasteiger partial charge in [-0.3, -0.25) is 9.69 Å². The molecule has 1 aromatic heterocycles. The quantitative estimate of drug-likeness (QED) is 0.338. The second kappa shape index (κ2) is 9.49. The minimum atomic E-state index is -4.55. The normalized spacial score (nSPS) is 24.6. The number of nitrogens with one attached hydrogen (secondary N) is 1. The fraction of sp³-hybridized carbons (Fsp3) is 0.481. The van der Waals surface area contributed by atoms with Crippen molar-refractivity contribution >= 4 is 56.8 Å². The lowest BCUT2D eigenvalue weighted by atomic mass is 9.73. The maximum absolute atomic E-state index is 14.1. The highest BCUT2D eigenvalue weighted by atomic mass is 127. The monoisotopic (exact) mass is 673 g/mol. The van der Waals surface area contributed by atoms with Crippen LogP contribution in [0.1, 0.15) is 49.8 Å². The Labute approximate surface area is 242 Å². The molecule has 0 radical (unpaired) electrons. The van der Waals surface area contributed by atoms with Gasteiger partial charge in [-0.25, -0.2) is 4.98 Å². The van der Waals surface area contributed by atoms with E-state index in [1.165, 1.54) is 6.33 Å². The summed E-state index contributed by atoms with van der Waals surface area (Å²) in [5.74, 6) is 0.137. The number of fused-ring (bicyclic) bond motifs is 3. The van der Waals surface area contributed by atoms with Crippen LogP contribution >= 0.6 is 34.2 Å². The van der Waals surface area contributed by atoms with Crippen molar-refractivity contribution in [2.75, 3.05) is 31.6 Å². The summed E-state index contributed by atoms with van der Waals surface area (Å²) in [6.45, 7) is 3.98. The molecule has 6 rings (SSSR count). The lowest BCUT2D eigenvalue weighted by Crippen LogP contribution is -2.49. The minimum absolute atomic E-state index is 0.000933. The minimum Gasteiger partial charge on any atom is -0.492 e. The Morgan fingerprint density at radius 1 is 1.23 bits per heavy atom. The smallest absolute Gasteiger partial charge is 0.418 e. The second-order valence-corrected chi connectivity index (χ2v) is 12.8. The van der Waals surface area contributed by atoms with Crippen molar-refractivity contribution in [3.63, 3.8) is 0 Å². The van der Waals surface area contributed by atoms with Crippen molar-refractivity contribution in [2.24, 2.45) is 5.73 Å². The van der Waals surface area contributed by atoms with Gasteiger partial charge in [0.2, 0.25) is 5.91 Å². The van der Waals surface area contributed by atoms with E-state index in [2.05, 4.69) is 37.8 Å². The van der Waals surface area contributed by atoms with Crippen LogP contribution in [0.4, 0.5) is 18.9 Å². The summed E-state index contributed by atoms with van der Waals surface area (Å²) in [6.07, 6.45) is -0.612. The van der Waals surface area contributed by atoms with Gasteiger partial charge in [-0.2, -0.15) is 13.2 Å². The van der Waals surface area contributed by atoms with Crippen molar-refractivity contribution < 1.29 is 22.7 Å². The number of likely N-dealkylation sites (tertiary alicyclic amines) is 1. The standard InChI is InChI=1S/C27H28ClF3IN5O2/c1-25(33)12-16(13-25)37-14-34-21-11-17(10-19(23(21)37)27(29,30)31)39-7-6-36-4-2-26(3-5-36)18-8-15(28)9-20(32)22(18)35-24(26)38/h8-11,14,16H,2-7,12-13,33H2,1H3,(H,35,38). The molecule has 12 heteroatoms. The van der Waals surface area contributed by atoms with Gasteiger partial charge < -0.3 is 20.4 Å². The van der Waals surface area contributed by atoms with E-state index in [0.717, 1.165) is 20.9 Å². The SMILES string of the molecule is CC1(N)CC(n2cnc3cc(OCCN4CCC5(CC4)C(=O)Nc4c(I)cc(Cl)cc45)cc(C(F)(F)F)c32)C1. The Bertz CT molecular complexity index is 1460. The number of imidazole rings is 1. The van der Waals surface area contributed by atoms with Crippen LogP contribution in [0.25, 0.3) is 11.0 Å². The third kappa shape index (κ3) is 4.78. The zero-order valence-electron chi connectivity index (χ0n) is 21.2. The highest BCUT2D eigenvalue weighted by Crippen LogP contribution is 2.48. The van der Waals surface area contributed by atoms with Crippen molar-refractivity contribution in [1.82, 2.24) is 14.5 Å². The first-order valence-corrected chi connectivity index (χ1v) is 14.3. The zero-order valence-corrected chi connectivity index (χ0v) is 24.2. The second-order valence-electron chi connectivity index (χ2n) is 11.2. The Morgan fingerprint density at radius 3 is 2.62 bits per heavy atom. The number of alkyl halides is 3. The molecule has 7 nitrogen and oxygen atoms in total. The van der Waals surface area contributed by atoms with Gasteiger partial charge >= 0.3 is 6.18 Å². The van der Waals surface area contributed by atoms with Crippen LogP contribution < -0.4 is 15.8 Å². The first-order chi connectivity index (χ1) is 18.4. The van der Waals surface area contributed by atoms with Gasteiger partial charge in [0.25, 0.3) is 0 Å². The average molecular weight is 674 g/mol. The summed E-state index contributed by atoms with van der Waals surface area (Å²) in [5.41, 5.74) is 6.48. The van der Waals surface area contributed by atoms with Crippen LogP contribution in [0.15, 0.2) is 30.6 Å². The average Bonchev–Trinajstić information content (AvgIpc) is 3.37. The van der Waals surface area contributed by atoms with Gasteiger partial charge in [0.05, 0.1) is 34.0 Å². The highest BCUT2D eigenvalue weighted by molar-refractivity contribution is 14.1. The number of piperidine rings is 1. The van der Waals surface area contributed by atoms with Gasteiger partial charge in [-0.1, -0.05) is 11.6 Å². The summed E-state index contributed by atoms with van der Waals surface area (Å²) in [6, 6.07) is 6.25. The third-order valence-electron chi connectivity index (χ3n) is 8.38. The first-order valence-electron chi connectivity index (χ1n) is 12.9. The molecular weight excluding hydrogens is 646 g/mol. The van der Waals surface area contributed by atoms with Crippen LogP contribution in [0.3, 0.4) is 0 Å². The van der Waals surface area contributed by atoms with Gasteiger partial charge in [-0.05, 0) is 92.0 Å². The number of amides is 1. The zero-order chi connectivity index (χ0) is 27.7. The summed E-state index contributed by atoms with van der Waals surface area (Å²) in [5, 5.41) is 3.64. The van der Waals surface area contributed by atoms with E-state index < -0.39 is 17.2 Å². The number of anilines is 1. The first kappa shape index (κ1) is 27.1. The van der Waals surface area contributed by atoms with Gasteiger partial charge in [0.1, 0.15) is 12.4 Å². The molecule has 208 valence electrons. The van der Waals surface area contributed by atoms with E-state index >= 15 is 0 Å². The number of nitrogens with zero attached hydrogens (tertiary/aromatic N) is 3. The van der Waals surface area contributed by atoms with E-state index in [1.807, 2.05) is 19.1 Å². The highest BCUT2D eigenvalue weighted by Gasteiger charge is 2.49. The summed E-state index contributed by atoms with van der Waals surface area (Å²) in [7, 11) is 0. The van der Waals surface area contributed by atoms with E-state index in [4.69, 9.17) is 22.1 Å². The molecule has 2 aromatic carbocycles. The van der Waals surface area contributed by atoms with Crippen LogP contribution in [0.5, 0.6) is 5.75 Å². The Balaban J connectivity index is 1.13. The van der Waals surface area contributed by atoms with Gasteiger partial charge in [0, 0.05) is 32.8 Å². The number of hydrogen-bond donors (Lipinski definition) is 2.